The lowest BCUT2D eigenvalue weighted by Crippen LogP contribution is -2.64. The first kappa shape index (κ1) is 25.0. The molecule has 2 atom stereocenters. The van der Waals surface area contributed by atoms with Crippen molar-refractivity contribution in [3.8, 4) is 0 Å². The zero-order chi connectivity index (χ0) is 25.7. The molecule has 2 fully saturated rings. The Balaban J connectivity index is 1.53. The van der Waals surface area contributed by atoms with Crippen LogP contribution in [0.5, 0.6) is 0 Å². The third-order valence-electron chi connectivity index (χ3n) is 6.49. The molecule has 4 rings (SSSR count). The van der Waals surface area contributed by atoms with Gasteiger partial charge in [-0.2, -0.15) is 0 Å². The molecule has 0 spiro atoms. The van der Waals surface area contributed by atoms with E-state index in [1.807, 2.05) is 49.3 Å². The van der Waals surface area contributed by atoms with Crippen molar-refractivity contribution in [1.82, 2.24) is 20.4 Å². The molecule has 36 heavy (non-hydrogen) atoms. The largest absolute Gasteiger partial charge is 0.378 e. The summed E-state index contributed by atoms with van der Waals surface area (Å²) in [7, 11) is 3.83. The third-order valence-corrected chi connectivity index (χ3v) is 6.49. The average molecular weight is 493 g/mol. The van der Waals surface area contributed by atoms with E-state index in [0.29, 0.717) is 24.2 Å². The molecule has 2 heterocycles. The van der Waals surface area contributed by atoms with Crippen molar-refractivity contribution in [3.05, 3.63) is 60.2 Å². The molecule has 0 unspecified atom stereocenters. The normalized spacial score (nSPS) is 19.8. The number of anilines is 2. The molecule has 0 aromatic heterocycles. The molecule has 5 amide bonds. The minimum absolute atomic E-state index is 0.0142. The van der Waals surface area contributed by atoms with E-state index < -0.39 is 18.0 Å². The van der Waals surface area contributed by atoms with Gasteiger partial charge in [0, 0.05) is 50.7 Å². The van der Waals surface area contributed by atoms with Gasteiger partial charge in [-0.1, -0.05) is 18.2 Å². The summed E-state index contributed by atoms with van der Waals surface area (Å²) >= 11 is 0. The fourth-order valence-corrected chi connectivity index (χ4v) is 4.40. The summed E-state index contributed by atoms with van der Waals surface area (Å²) in [6, 6.07) is 14.3. The Morgan fingerprint density at radius 3 is 2.39 bits per heavy atom. The Morgan fingerprint density at radius 2 is 1.72 bits per heavy atom. The van der Waals surface area contributed by atoms with E-state index >= 15 is 0 Å². The van der Waals surface area contributed by atoms with Crippen LogP contribution in [0.1, 0.15) is 23.2 Å². The average Bonchev–Trinajstić information content (AvgIpc) is 2.90. The Hall–Kier alpha value is -4.08. The lowest BCUT2D eigenvalue weighted by molar-refractivity contribution is -0.133. The number of nitrogens with one attached hydrogen (secondary N) is 3. The van der Waals surface area contributed by atoms with E-state index in [1.54, 1.807) is 24.3 Å². The van der Waals surface area contributed by atoms with Crippen LogP contribution in [0, 0.1) is 0 Å². The maximum absolute atomic E-state index is 13.5. The zero-order valence-electron chi connectivity index (χ0n) is 20.6. The predicted octanol–water partition coefficient (Wildman–Crippen LogP) is 1.51. The van der Waals surface area contributed by atoms with Crippen LogP contribution >= 0.6 is 0 Å². The van der Waals surface area contributed by atoms with Crippen molar-refractivity contribution in [2.75, 3.05) is 50.5 Å². The second-order valence-electron chi connectivity index (χ2n) is 9.19. The second-order valence-corrected chi connectivity index (χ2v) is 9.19. The number of carbonyl (C=O) groups is 4. The number of hydrogen-bond donors (Lipinski definition) is 3. The lowest BCUT2D eigenvalue weighted by Gasteiger charge is -2.41. The first-order valence-corrected chi connectivity index (χ1v) is 12.1. The molecule has 10 nitrogen and oxygen atoms in total. The van der Waals surface area contributed by atoms with Crippen LogP contribution in [0.3, 0.4) is 0 Å². The second kappa shape index (κ2) is 11.1. The summed E-state index contributed by atoms with van der Waals surface area (Å²) in [6.07, 6.45) is 1.29. The SMILES string of the molecule is CN(C)c1ccc(C(=O)N2CCN(C(=O)Nc3ccccc3)C[C@@H]2C(=O)N[C@@H]2CCCNC2=O)cc1. The molecule has 0 bridgehead atoms. The summed E-state index contributed by atoms with van der Waals surface area (Å²) in [5, 5.41) is 8.39. The summed E-state index contributed by atoms with van der Waals surface area (Å²) in [5.41, 5.74) is 2.05. The van der Waals surface area contributed by atoms with Crippen molar-refractivity contribution in [1.29, 1.82) is 0 Å². The molecule has 2 aromatic rings. The molecule has 2 aliphatic rings. The van der Waals surface area contributed by atoms with Gasteiger partial charge in [-0.15, -0.1) is 0 Å². The number of amides is 5. The Morgan fingerprint density at radius 1 is 1.00 bits per heavy atom. The highest BCUT2D eigenvalue weighted by atomic mass is 16.2. The van der Waals surface area contributed by atoms with Gasteiger partial charge in [0.25, 0.3) is 5.91 Å². The Labute approximate surface area is 210 Å². The van der Waals surface area contributed by atoms with Gasteiger partial charge >= 0.3 is 6.03 Å². The third kappa shape index (κ3) is 5.76. The van der Waals surface area contributed by atoms with E-state index in [0.717, 1.165) is 12.1 Å². The predicted molar refractivity (Wildman–Crippen MR) is 137 cm³/mol. The molecule has 0 saturated carbocycles. The minimum atomic E-state index is -0.934. The summed E-state index contributed by atoms with van der Waals surface area (Å²) in [4.78, 5) is 56.9. The van der Waals surface area contributed by atoms with Gasteiger partial charge in [-0.3, -0.25) is 14.4 Å². The molecule has 190 valence electrons. The van der Waals surface area contributed by atoms with Gasteiger partial charge in [0.05, 0.1) is 6.54 Å². The van der Waals surface area contributed by atoms with E-state index in [1.165, 1.54) is 9.80 Å². The highest BCUT2D eigenvalue weighted by Crippen LogP contribution is 2.19. The van der Waals surface area contributed by atoms with Crippen molar-refractivity contribution in [3.63, 3.8) is 0 Å². The van der Waals surface area contributed by atoms with E-state index in [4.69, 9.17) is 0 Å². The van der Waals surface area contributed by atoms with Gasteiger partial charge in [0.1, 0.15) is 12.1 Å². The number of rotatable bonds is 5. The lowest BCUT2D eigenvalue weighted by atomic mass is 10.0. The van der Waals surface area contributed by atoms with Crippen molar-refractivity contribution in [2.45, 2.75) is 24.9 Å². The highest BCUT2D eigenvalue weighted by Gasteiger charge is 2.39. The number of carbonyl (C=O) groups excluding carboxylic acids is 4. The molecule has 2 aliphatic heterocycles. The summed E-state index contributed by atoms with van der Waals surface area (Å²) in [5.74, 6) is -0.981. The van der Waals surface area contributed by atoms with Gasteiger partial charge < -0.3 is 30.7 Å². The molecular formula is C26H32N6O4. The first-order valence-electron chi connectivity index (χ1n) is 12.1. The van der Waals surface area contributed by atoms with Crippen molar-refractivity contribution < 1.29 is 19.2 Å². The number of benzene rings is 2. The van der Waals surface area contributed by atoms with Crippen LogP contribution in [0.4, 0.5) is 16.2 Å². The van der Waals surface area contributed by atoms with E-state index in [2.05, 4.69) is 16.0 Å². The zero-order valence-corrected chi connectivity index (χ0v) is 20.6. The van der Waals surface area contributed by atoms with Gasteiger partial charge in [-0.25, -0.2) is 4.79 Å². The number of hydrogen-bond acceptors (Lipinski definition) is 5. The van der Waals surface area contributed by atoms with Crippen LogP contribution in [0.15, 0.2) is 54.6 Å². The maximum atomic E-state index is 13.5. The topological polar surface area (TPSA) is 114 Å². The molecule has 0 aliphatic carbocycles. The molecule has 2 aromatic carbocycles. The molecule has 3 N–H and O–H groups in total. The number of piperidine rings is 1. The van der Waals surface area contributed by atoms with Crippen LogP contribution < -0.4 is 20.9 Å². The van der Waals surface area contributed by atoms with Crippen molar-refractivity contribution in [2.24, 2.45) is 0 Å². The van der Waals surface area contributed by atoms with Crippen LogP contribution in [-0.2, 0) is 9.59 Å². The summed E-state index contributed by atoms with van der Waals surface area (Å²) < 4.78 is 0. The molecule has 2 saturated heterocycles. The highest BCUT2D eigenvalue weighted by molar-refractivity contribution is 5.99. The molecule has 0 radical (unpaired) electrons. The molecule has 10 heteroatoms. The minimum Gasteiger partial charge on any atom is -0.378 e. The van der Waals surface area contributed by atoms with Crippen LogP contribution in [0.2, 0.25) is 0 Å². The van der Waals surface area contributed by atoms with Crippen molar-refractivity contribution >= 4 is 35.1 Å². The number of para-hydroxylation sites is 1. The monoisotopic (exact) mass is 492 g/mol. The maximum Gasteiger partial charge on any atom is 0.321 e. The first-order chi connectivity index (χ1) is 17.3. The number of piperazine rings is 1. The van der Waals surface area contributed by atoms with E-state index in [9.17, 15) is 19.2 Å². The number of nitrogens with zero attached hydrogens (tertiary/aromatic N) is 3. The van der Waals surface area contributed by atoms with Gasteiger partial charge in [-0.05, 0) is 49.2 Å². The quantitative estimate of drug-likeness (QED) is 0.586. The smallest absolute Gasteiger partial charge is 0.321 e. The van der Waals surface area contributed by atoms with Crippen LogP contribution in [-0.4, -0.2) is 85.9 Å². The Kier molecular flexibility index (Phi) is 7.72. The summed E-state index contributed by atoms with van der Waals surface area (Å²) in [6.45, 7) is 1.05. The van der Waals surface area contributed by atoms with Crippen LogP contribution in [0.25, 0.3) is 0 Å². The number of urea groups is 1. The standard InChI is InChI=1S/C26H32N6O4/c1-30(2)20-12-10-18(11-13-20)25(35)32-16-15-31(26(36)28-19-7-4-3-5-8-19)17-22(32)24(34)29-21-9-6-14-27-23(21)33/h3-5,7-8,10-13,21-22H,6,9,14-17H2,1-2H3,(H,27,33)(H,28,36)(H,29,34)/t21-,22-/m1/s1. The van der Waals surface area contributed by atoms with E-state index in [-0.39, 0.29) is 37.5 Å². The fraction of sp³-hybridized carbons (Fsp3) is 0.385. The molecular weight excluding hydrogens is 460 g/mol. The van der Waals surface area contributed by atoms with Gasteiger partial charge in [0.2, 0.25) is 11.8 Å². The Bertz CT molecular complexity index is 1110. The van der Waals surface area contributed by atoms with Gasteiger partial charge in [0.15, 0.2) is 0 Å². The fourth-order valence-electron chi connectivity index (χ4n) is 4.40.